The molecule has 3 aromatic rings. The monoisotopic (exact) mass is 375 g/mol. The largest absolute Gasteiger partial charge is 0.490 e. The molecule has 6 nitrogen and oxygen atoms in total. The van der Waals surface area contributed by atoms with Crippen molar-refractivity contribution in [2.75, 3.05) is 19.7 Å². The van der Waals surface area contributed by atoms with Crippen molar-refractivity contribution in [2.45, 2.75) is 19.4 Å². The van der Waals surface area contributed by atoms with E-state index in [1.807, 2.05) is 35.0 Å². The van der Waals surface area contributed by atoms with Gasteiger partial charge in [0, 0.05) is 18.3 Å². The molecule has 2 N–H and O–H groups in total. The fourth-order valence-corrected chi connectivity index (χ4v) is 3.42. The highest BCUT2D eigenvalue weighted by Gasteiger charge is 2.13. The number of aromatic nitrogens is 3. The molecule has 1 aliphatic rings. The molecule has 0 atom stereocenters. The number of pyridine rings is 1. The smallest absolute Gasteiger partial charge is 0.159 e. The molecule has 1 fully saturated rings. The molecule has 0 unspecified atom stereocenters. The lowest BCUT2D eigenvalue weighted by atomic mass is 9.99. The normalized spacial score (nSPS) is 14.7. The fourth-order valence-electron chi connectivity index (χ4n) is 3.42. The second-order valence-electron chi connectivity index (χ2n) is 7.16. The minimum atomic E-state index is 0.486. The average Bonchev–Trinajstić information content (AvgIpc) is 2.75. The fraction of sp³-hybridized carbons (Fsp3) is 0.318. The first-order valence-electron chi connectivity index (χ1n) is 9.73. The molecule has 0 spiro atoms. The number of nitrogens with zero attached hydrogens (tertiary/aromatic N) is 3. The topological polar surface area (TPSA) is 75.8 Å². The van der Waals surface area contributed by atoms with E-state index in [2.05, 4.69) is 27.4 Å². The molecule has 2 aromatic heterocycles. The van der Waals surface area contributed by atoms with Gasteiger partial charge in [0.15, 0.2) is 11.6 Å². The Morgan fingerprint density at radius 3 is 2.68 bits per heavy atom. The van der Waals surface area contributed by atoms with Crippen LogP contribution in [0, 0.1) is 11.3 Å². The van der Waals surface area contributed by atoms with Crippen molar-refractivity contribution in [3.63, 3.8) is 0 Å². The van der Waals surface area contributed by atoms with Crippen LogP contribution in [-0.2, 0) is 6.54 Å². The van der Waals surface area contributed by atoms with Crippen molar-refractivity contribution in [3.05, 3.63) is 72.1 Å². The number of rotatable bonds is 6. The minimum absolute atomic E-state index is 0.486. The highest BCUT2D eigenvalue weighted by molar-refractivity contribution is 5.56. The molecule has 0 amide bonds. The van der Waals surface area contributed by atoms with Gasteiger partial charge in [-0.1, -0.05) is 24.3 Å². The lowest BCUT2D eigenvalue weighted by Gasteiger charge is -2.22. The molecule has 144 valence electrons. The van der Waals surface area contributed by atoms with E-state index in [1.54, 1.807) is 18.5 Å². The maximum absolute atomic E-state index is 8.00. The number of nitrogens with one attached hydrogen (secondary N) is 2. The average molecular weight is 375 g/mol. The summed E-state index contributed by atoms with van der Waals surface area (Å²) in [7, 11) is 0. The van der Waals surface area contributed by atoms with Crippen molar-refractivity contribution < 1.29 is 4.74 Å². The Morgan fingerprint density at radius 1 is 1.07 bits per heavy atom. The summed E-state index contributed by atoms with van der Waals surface area (Å²) < 4.78 is 7.78. The van der Waals surface area contributed by atoms with Crippen LogP contribution in [0.3, 0.4) is 0 Å². The van der Waals surface area contributed by atoms with Crippen molar-refractivity contribution in [3.8, 4) is 17.1 Å². The highest BCUT2D eigenvalue weighted by Crippen LogP contribution is 2.19. The van der Waals surface area contributed by atoms with Gasteiger partial charge in [-0.05, 0) is 55.6 Å². The van der Waals surface area contributed by atoms with E-state index >= 15 is 0 Å². The lowest BCUT2D eigenvalue weighted by molar-refractivity contribution is 0.214. The first-order chi connectivity index (χ1) is 13.8. The summed E-state index contributed by atoms with van der Waals surface area (Å²) in [5.41, 5.74) is 2.56. The molecule has 6 heteroatoms. The van der Waals surface area contributed by atoms with Gasteiger partial charge in [0.2, 0.25) is 0 Å². The number of hydrogen-bond acceptors (Lipinski definition) is 5. The third-order valence-electron chi connectivity index (χ3n) is 5.05. The summed E-state index contributed by atoms with van der Waals surface area (Å²) in [5, 5.41) is 11.4. The van der Waals surface area contributed by atoms with Gasteiger partial charge in [-0.3, -0.25) is 5.41 Å². The van der Waals surface area contributed by atoms with Crippen LogP contribution in [0.1, 0.15) is 18.4 Å². The van der Waals surface area contributed by atoms with Crippen LogP contribution in [0.15, 0.2) is 61.1 Å². The molecular weight excluding hydrogens is 350 g/mol. The van der Waals surface area contributed by atoms with Gasteiger partial charge in [0.05, 0.1) is 19.0 Å². The first kappa shape index (κ1) is 18.4. The summed E-state index contributed by atoms with van der Waals surface area (Å²) in [6.45, 7) is 3.51. The van der Waals surface area contributed by atoms with Gasteiger partial charge in [0.1, 0.15) is 5.49 Å². The van der Waals surface area contributed by atoms with Gasteiger partial charge in [-0.15, -0.1) is 0 Å². The van der Waals surface area contributed by atoms with Crippen LogP contribution >= 0.6 is 0 Å². The van der Waals surface area contributed by atoms with Gasteiger partial charge in [0.25, 0.3) is 0 Å². The van der Waals surface area contributed by atoms with Gasteiger partial charge >= 0.3 is 0 Å². The zero-order valence-electron chi connectivity index (χ0n) is 15.8. The van der Waals surface area contributed by atoms with E-state index in [-0.39, 0.29) is 0 Å². The van der Waals surface area contributed by atoms with Crippen LogP contribution in [-0.4, -0.2) is 34.2 Å². The molecule has 1 saturated heterocycles. The maximum Gasteiger partial charge on any atom is 0.159 e. The molecule has 28 heavy (non-hydrogen) atoms. The molecule has 1 aliphatic heterocycles. The van der Waals surface area contributed by atoms with Crippen molar-refractivity contribution in [1.82, 2.24) is 19.9 Å². The van der Waals surface area contributed by atoms with E-state index in [1.165, 1.54) is 0 Å². The quantitative estimate of drug-likeness (QED) is 0.695. The summed E-state index contributed by atoms with van der Waals surface area (Å²) in [5.74, 6) is 2.01. The SMILES string of the molecule is N=c1ccccn1Cc1cccc(-c2ncc(OCC3CCNCC3)cn2)c1. The third kappa shape index (κ3) is 4.64. The number of ether oxygens (including phenoxy) is 1. The predicted octanol–water partition coefficient (Wildman–Crippen LogP) is 2.85. The van der Waals surface area contributed by atoms with Crippen LogP contribution in [0.4, 0.5) is 0 Å². The molecule has 0 bridgehead atoms. The Hall–Kier alpha value is -2.99. The van der Waals surface area contributed by atoms with Gasteiger partial charge in [-0.2, -0.15) is 0 Å². The molecule has 3 heterocycles. The van der Waals surface area contributed by atoms with Crippen LogP contribution < -0.4 is 15.5 Å². The molecule has 0 radical (unpaired) electrons. The van der Waals surface area contributed by atoms with Crippen molar-refractivity contribution in [2.24, 2.45) is 5.92 Å². The van der Waals surface area contributed by atoms with E-state index in [4.69, 9.17) is 10.1 Å². The highest BCUT2D eigenvalue weighted by atomic mass is 16.5. The molecule has 0 aliphatic carbocycles. The zero-order chi connectivity index (χ0) is 19.2. The Kier molecular flexibility index (Phi) is 5.77. The van der Waals surface area contributed by atoms with E-state index in [9.17, 15) is 0 Å². The van der Waals surface area contributed by atoms with E-state index in [0.29, 0.717) is 23.8 Å². The summed E-state index contributed by atoms with van der Waals surface area (Å²) in [6, 6.07) is 13.7. The van der Waals surface area contributed by atoms with Crippen LogP contribution in [0.5, 0.6) is 5.75 Å². The molecule has 4 rings (SSSR count). The van der Waals surface area contributed by atoms with E-state index in [0.717, 1.165) is 49.4 Å². The number of piperidine rings is 1. The molecule has 0 saturated carbocycles. The van der Waals surface area contributed by atoms with E-state index < -0.39 is 0 Å². The van der Waals surface area contributed by atoms with Crippen LogP contribution in [0.2, 0.25) is 0 Å². The summed E-state index contributed by atoms with van der Waals surface area (Å²) in [6.07, 6.45) is 7.74. The van der Waals surface area contributed by atoms with Crippen molar-refractivity contribution >= 4 is 0 Å². The minimum Gasteiger partial charge on any atom is -0.490 e. The van der Waals surface area contributed by atoms with Crippen molar-refractivity contribution in [1.29, 1.82) is 5.41 Å². The number of hydrogen-bond donors (Lipinski definition) is 2. The Labute approximate surface area is 164 Å². The second-order valence-corrected chi connectivity index (χ2v) is 7.16. The third-order valence-corrected chi connectivity index (χ3v) is 5.05. The zero-order valence-corrected chi connectivity index (χ0v) is 15.8. The summed E-state index contributed by atoms with van der Waals surface area (Å²) >= 11 is 0. The first-order valence-corrected chi connectivity index (χ1v) is 9.73. The Balaban J connectivity index is 1.42. The standard InChI is InChI=1S/C22H25N5O/c23-21-6-1-2-11-27(21)15-18-4-3-5-19(12-18)22-25-13-20(14-26-22)28-16-17-7-9-24-10-8-17/h1-6,11-14,17,23-24H,7-10,15-16H2. The van der Waals surface area contributed by atoms with Gasteiger partial charge < -0.3 is 14.6 Å². The molecular formula is C22H25N5O. The Bertz CT molecular complexity index is 961. The summed E-state index contributed by atoms with van der Waals surface area (Å²) in [4.78, 5) is 8.97. The molecule has 1 aromatic carbocycles. The van der Waals surface area contributed by atoms with Gasteiger partial charge in [-0.25, -0.2) is 9.97 Å². The Morgan fingerprint density at radius 2 is 1.89 bits per heavy atom. The lowest BCUT2D eigenvalue weighted by Crippen LogP contribution is -2.30. The second kappa shape index (κ2) is 8.80. The maximum atomic E-state index is 8.00. The predicted molar refractivity (Wildman–Crippen MR) is 108 cm³/mol. The van der Waals surface area contributed by atoms with Crippen LogP contribution in [0.25, 0.3) is 11.4 Å². The number of benzene rings is 1.